The lowest BCUT2D eigenvalue weighted by Crippen LogP contribution is -2.51. The molecule has 1 aromatic heterocycles. The van der Waals surface area contributed by atoms with Crippen LogP contribution in [0, 0.1) is 0 Å². The van der Waals surface area contributed by atoms with Crippen molar-refractivity contribution in [3.05, 3.63) is 36.7 Å². The zero-order valence-electron chi connectivity index (χ0n) is 12.5. The van der Waals surface area contributed by atoms with Gasteiger partial charge in [0.15, 0.2) is 0 Å². The summed E-state index contributed by atoms with van der Waals surface area (Å²) in [7, 11) is 1.57. The number of aromatic nitrogens is 2. The van der Waals surface area contributed by atoms with Crippen molar-refractivity contribution >= 4 is 11.7 Å². The Morgan fingerprint density at radius 1 is 1.30 bits per heavy atom. The molecule has 1 unspecified atom stereocenters. The second-order valence-electron chi connectivity index (χ2n) is 4.91. The largest absolute Gasteiger partial charge is 0.497 e. The first-order chi connectivity index (χ1) is 11.2. The van der Waals surface area contributed by atoms with E-state index >= 15 is 0 Å². The number of amides is 2. The second kappa shape index (κ2) is 6.49. The number of carbonyl (C=O) groups is 1. The molecule has 0 aliphatic carbocycles. The molecule has 0 spiro atoms. The quantitative estimate of drug-likeness (QED) is 0.887. The highest BCUT2D eigenvalue weighted by Crippen LogP contribution is 2.24. The summed E-state index contributed by atoms with van der Waals surface area (Å²) in [4.78, 5) is 21.5. The molecule has 23 heavy (non-hydrogen) atoms. The van der Waals surface area contributed by atoms with Crippen molar-refractivity contribution in [3.8, 4) is 17.5 Å². The average molecular weight is 316 g/mol. The van der Waals surface area contributed by atoms with Crippen LogP contribution < -0.4 is 19.7 Å². The molecule has 0 bridgehead atoms. The zero-order chi connectivity index (χ0) is 16.2. The normalized spacial score (nSPS) is 17.6. The Balaban J connectivity index is 1.70. The van der Waals surface area contributed by atoms with Crippen molar-refractivity contribution in [2.45, 2.75) is 12.6 Å². The van der Waals surface area contributed by atoms with Crippen molar-refractivity contribution in [2.24, 2.45) is 0 Å². The Hall–Kier alpha value is -2.87. The lowest BCUT2D eigenvalue weighted by atomic mass is 10.3. The summed E-state index contributed by atoms with van der Waals surface area (Å²) < 4.78 is 10.7. The van der Waals surface area contributed by atoms with Crippen molar-refractivity contribution in [2.75, 3.05) is 18.6 Å². The van der Waals surface area contributed by atoms with Gasteiger partial charge in [0.1, 0.15) is 17.7 Å². The van der Waals surface area contributed by atoms with Gasteiger partial charge < -0.3 is 19.9 Å². The van der Waals surface area contributed by atoms with Crippen molar-refractivity contribution < 1.29 is 19.4 Å². The summed E-state index contributed by atoms with van der Waals surface area (Å²) in [6.45, 7) is 0.395. The number of hydrogen-bond acceptors (Lipinski definition) is 6. The molecule has 2 amide bonds. The van der Waals surface area contributed by atoms with E-state index in [0.29, 0.717) is 30.2 Å². The third kappa shape index (κ3) is 3.49. The molecule has 0 radical (unpaired) electrons. The number of benzene rings is 1. The van der Waals surface area contributed by atoms with Crippen LogP contribution in [0.1, 0.15) is 6.42 Å². The van der Waals surface area contributed by atoms with Gasteiger partial charge in [0, 0.05) is 19.0 Å². The van der Waals surface area contributed by atoms with E-state index < -0.39 is 6.23 Å². The number of ether oxygens (including phenoxy) is 2. The van der Waals surface area contributed by atoms with Crippen LogP contribution in [-0.2, 0) is 0 Å². The molecule has 8 nitrogen and oxygen atoms in total. The Bertz CT molecular complexity index is 692. The van der Waals surface area contributed by atoms with E-state index in [2.05, 4.69) is 15.3 Å². The van der Waals surface area contributed by atoms with Gasteiger partial charge >= 0.3 is 12.0 Å². The third-order valence-electron chi connectivity index (χ3n) is 3.34. The van der Waals surface area contributed by atoms with Crippen molar-refractivity contribution in [3.63, 3.8) is 0 Å². The maximum Gasteiger partial charge on any atom is 0.323 e. The fourth-order valence-electron chi connectivity index (χ4n) is 2.16. The molecule has 1 aliphatic heterocycles. The number of aliphatic hydroxyl groups excluding tert-OH is 1. The summed E-state index contributed by atoms with van der Waals surface area (Å²) in [5.41, 5.74) is 0.535. The first kappa shape index (κ1) is 15.0. The van der Waals surface area contributed by atoms with Crippen LogP contribution in [0.4, 0.5) is 10.5 Å². The first-order valence-electron chi connectivity index (χ1n) is 7.06. The van der Waals surface area contributed by atoms with Crippen LogP contribution in [-0.4, -0.2) is 41.0 Å². The van der Waals surface area contributed by atoms with E-state index in [1.807, 2.05) is 0 Å². The molecule has 2 heterocycles. The molecule has 120 valence electrons. The predicted molar refractivity (Wildman–Crippen MR) is 81.6 cm³/mol. The van der Waals surface area contributed by atoms with Crippen LogP contribution in [0.15, 0.2) is 36.7 Å². The number of nitrogens with one attached hydrogen (secondary N) is 1. The number of aliphatic hydroxyl groups is 1. The molecule has 3 rings (SSSR count). The van der Waals surface area contributed by atoms with Gasteiger partial charge in [0.05, 0.1) is 25.2 Å². The van der Waals surface area contributed by atoms with E-state index in [1.54, 1.807) is 31.4 Å². The molecular weight excluding hydrogens is 300 g/mol. The Labute approximate surface area is 132 Å². The number of urea groups is 1. The highest BCUT2D eigenvalue weighted by Gasteiger charge is 2.24. The number of nitrogens with zero attached hydrogens (tertiary/aromatic N) is 3. The van der Waals surface area contributed by atoms with Gasteiger partial charge in [0.2, 0.25) is 0 Å². The average Bonchev–Trinajstić information content (AvgIpc) is 2.56. The van der Waals surface area contributed by atoms with Gasteiger partial charge in [0.25, 0.3) is 0 Å². The van der Waals surface area contributed by atoms with E-state index in [-0.39, 0.29) is 12.0 Å². The standard InChI is InChI=1S/C15H16N4O4/c1-22-11-3-2-4-12(7-11)23-14-16-8-10(9-17-14)19-6-5-13(20)18-15(19)21/h2-4,7-9,13,20H,5-6H2,1H3,(H,18,21). The van der Waals surface area contributed by atoms with Crippen LogP contribution in [0.2, 0.25) is 0 Å². The minimum Gasteiger partial charge on any atom is -0.497 e. The number of hydrogen-bond donors (Lipinski definition) is 2. The van der Waals surface area contributed by atoms with Gasteiger partial charge in [-0.15, -0.1) is 0 Å². The Morgan fingerprint density at radius 2 is 2.04 bits per heavy atom. The molecule has 1 saturated heterocycles. The molecule has 1 aromatic carbocycles. The van der Waals surface area contributed by atoms with Gasteiger partial charge in [-0.25, -0.2) is 14.8 Å². The summed E-state index contributed by atoms with van der Waals surface area (Å²) in [6, 6.07) is 6.87. The minimum atomic E-state index is -0.810. The Kier molecular flexibility index (Phi) is 4.24. The summed E-state index contributed by atoms with van der Waals surface area (Å²) in [5, 5.41) is 11.8. The fraction of sp³-hybridized carbons (Fsp3) is 0.267. The monoisotopic (exact) mass is 316 g/mol. The Morgan fingerprint density at radius 3 is 2.74 bits per heavy atom. The molecule has 2 aromatic rings. The predicted octanol–water partition coefficient (Wildman–Crippen LogP) is 1.52. The van der Waals surface area contributed by atoms with Crippen molar-refractivity contribution in [1.29, 1.82) is 0 Å². The smallest absolute Gasteiger partial charge is 0.323 e. The maximum atomic E-state index is 11.8. The summed E-state index contributed by atoms with van der Waals surface area (Å²) in [6.07, 6.45) is 2.63. The van der Waals surface area contributed by atoms with Crippen LogP contribution in [0.3, 0.4) is 0 Å². The SMILES string of the molecule is COc1cccc(Oc2ncc(N3CCC(O)NC3=O)cn2)c1. The third-order valence-corrected chi connectivity index (χ3v) is 3.34. The lowest BCUT2D eigenvalue weighted by molar-refractivity contribution is 0.125. The molecule has 0 saturated carbocycles. The molecule has 1 fully saturated rings. The second-order valence-corrected chi connectivity index (χ2v) is 4.91. The van der Waals surface area contributed by atoms with Gasteiger partial charge in [-0.05, 0) is 12.1 Å². The van der Waals surface area contributed by atoms with E-state index in [9.17, 15) is 9.90 Å². The summed E-state index contributed by atoms with van der Waals surface area (Å²) in [5.74, 6) is 1.22. The number of methoxy groups -OCH3 is 1. The minimum absolute atomic E-state index is 0.166. The van der Waals surface area contributed by atoms with E-state index in [4.69, 9.17) is 9.47 Å². The van der Waals surface area contributed by atoms with Crippen LogP contribution >= 0.6 is 0 Å². The summed E-state index contributed by atoms with van der Waals surface area (Å²) >= 11 is 0. The molecule has 8 heteroatoms. The first-order valence-corrected chi connectivity index (χ1v) is 7.06. The topological polar surface area (TPSA) is 96.8 Å². The highest BCUT2D eigenvalue weighted by molar-refractivity contribution is 5.92. The van der Waals surface area contributed by atoms with Crippen molar-refractivity contribution in [1.82, 2.24) is 15.3 Å². The van der Waals surface area contributed by atoms with E-state index in [0.717, 1.165) is 0 Å². The molecule has 1 atom stereocenters. The highest BCUT2D eigenvalue weighted by atomic mass is 16.5. The fourth-order valence-corrected chi connectivity index (χ4v) is 2.16. The van der Waals surface area contributed by atoms with Gasteiger partial charge in [-0.1, -0.05) is 6.07 Å². The van der Waals surface area contributed by atoms with Crippen LogP contribution in [0.25, 0.3) is 0 Å². The van der Waals surface area contributed by atoms with Gasteiger partial charge in [-0.3, -0.25) is 4.90 Å². The van der Waals surface area contributed by atoms with Gasteiger partial charge in [-0.2, -0.15) is 0 Å². The number of rotatable bonds is 4. The van der Waals surface area contributed by atoms with E-state index in [1.165, 1.54) is 17.3 Å². The van der Waals surface area contributed by atoms with Crippen LogP contribution in [0.5, 0.6) is 17.5 Å². The molecule has 1 aliphatic rings. The number of carbonyl (C=O) groups excluding carboxylic acids is 1. The zero-order valence-corrected chi connectivity index (χ0v) is 12.5. The lowest BCUT2D eigenvalue weighted by Gasteiger charge is -2.29. The number of anilines is 1. The molecule has 2 N–H and O–H groups in total. The molecular formula is C15H16N4O4. The maximum absolute atomic E-state index is 11.8.